The minimum atomic E-state index is -0.934. The fraction of sp³-hybridized carbons (Fsp3) is 0.333. The van der Waals surface area contributed by atoms with Gasteiger partial charge in [0.2, 0.25) is 5.91 Å². The van der Waals surface area contributed by atoms with Gasteiger partial charge in [-0.15, -0.1) is 0 Å². The van der Waals surface area contributed by atoms with Crippen molar-refractivity contribution >= 4 is 34.3 Å². The molecule has 1 aliphatic rings. The third kappa shape index (κ3) is 4.52. The number of carboxylic acids is 1. The lowest BCUT2D eigenvalue weighted by molar-refractivity contribution is -0.143. The number of aliphatic carboxylic acids is 1. The minimum absolute atomic E-state index is 0.0939. The minimum Gasteiger partial charge on any atom is -0.480 e. The molecule has 3 aromatic rings. The molecule has 0 aliphatic carbocycles. The summed E-state index contributed by atoms with van der Waals surface area (Å²) in [5, 5.41) is 23.1. The second-order valence-electron chi connectivity index (χ2n) is 8.40. The first-order chi connectivity index (χ1) is 15.9. The van der Waals surface area contributed by atoms with E-state index in [2.05, 4.69) is 21.4 Å². The normalized spacial score (nSPS) is 15.4. The first-order valence-electron chi connectivity index (χ1n) is 10.9. The average Bonchev–Trinajstić information content (AvgIpc) is 3.22. The summed E-state index contributed by atoms with van der Waals surface area (Å²) in [6, 6.07) is 10.3. The molecule has 3 heterocycles. The number of nitriles is 1. The second kappa shape index (κ2) is 9.30. The van der Waals surface area contributed by atoms with Gasteiger partial charge < -0.3 is 20.3 Å². The Morgan fingerprint density at radius 1 is 1.21 bits per heavy atom. The van der Waals surface area contributed by atoms with Crippen molar-refractivity contribution < 1.29 is 14.7 Å². The zero-order chi connectivity index (χ0) is 23.5. The number of pyridine rings is 1. The summed E-state index contributed by atoms with van der Waals surface area (Å²) in [5.41, 5.74) is 2.61. The second-order valence-corrected chi connectivity index (χ2v) is 8.40. The monoisotopic (exact) mass is 446 g/mol. The summed E-state index contributed by atoms with van der Waals surface area (Å²) in [5.74, 6) is -0.556. The molecular formula is C24H26N6O3. The van der Waals surface area contributed by atoms with Crippen LogP contribution in [0.5, 0.6) is 0 Å². The zero-order valence-corrected chi connectivity index (χ0v) is 18.6. The number of benzene rings is 1. The maximum Gasteiger partial charge on any atom is 0.325 e. The van der Waals surface area contributed by atoms with Gasteiger partial charge in [0.1, 0.15) is 17.9 Å². The Kier molecular flexibility index (Phi) is 6.29. The Morgan fingerprint density at radius 3 is 2.64 bits per heavy atom. The molecule has 1 unspecified atom stereocenters. The van der Waals surface area contributed by atoms with Gasteiger partial charge in [-0.05, 0) is 30.3 Å². The number of hydrogen-bond donors (Lipinski definition) is 3. The van der Waals surface area contributed by atoms with Gasteiger partial charge in [0.05, 0.1) is 5.56 Å². The van der Waals surface area contributed by atoms with Gasteiger partial charge in [-0.2, -0.15) is 5.26 Å². The molecule has 1 amide bonds. The number of carbonyl (C=O) groups excluding carboxylic acids is 1. The number of rotatable bonds is 6. The van der Waals surface area contributed by atoms with E-state index < -0.39 is 12.0 Å². The number of hydrogen-bond acceptors (Lipinski definition) is 6. The van der Waals surface area contributed by atoms with E-state index in [0.29, 0.717) is 48.8 Å². The lowest BCUT2D eigenvalue weighted by atomic mass is 10.0. The number of nitrogens with zero attached hydrogens (tertiary/aromatic N) is 4. The molecule has 1 atom stereocenters. The molecule has 1 aromatic carbocycles. The third-order valence-corrected chi connectivity index (χ3v) is 5.92. The Balaban J connectivity index is 1.57. The molecule has 0 radical (unpaired) electrons. The van der Waals surface area contributed by atoms with Crippen LogP contribution in [0.15, 0.2) is 42.7 Å². The van der Waals surface area contributed by atoms with E-state index >= 15 is 0 Å². The van der Waals surface area contributed by atoms with Crippen molar-refractivity contribution in [3.63, 3.8) is 0 Å². The van der Waals surface area contributed by atoms with Crippen LogP contribution in [0, 0.1) is 17.2 Å². The lowest BCUT2D eigenvalue weighted by Gasteiger charge is -2.38. The van der Waals surface area contributed by atoms with Crippen LogP contribution >= 0.6 is 0 Å². The number of amides is 1. The van der Waals surface area contributed by atoms with Crippen LogP contribution in [0.1, 0.15) is 31.0 Å². The van der Waals surface area contributed by atoms with Crippen LogP contribution in [-0.2, 0) is 9.59 Å². The summed E-state index contributed by atoms with van der Waals surface area (Å²) in [4.78, 5) is 35.9. The van der Waals surface area contributed by atoms with Gasteiger partial charge in [0.25, 0.3) is 0 Å². The Morgan fingerprint density at radius 2 is 1.97 bits per heavy atom. The maximum absolute atomic E-state index is 12.4. The zero-order valence-electron chi connectivity index (χ0n) is 18.6. The molecule has 4 rings (SSSR count). The standard InChI is InChI=1S/C24H26N6O3/c1-15(2)23(31)28-17-5-6-20-18(12-17)19(14-27-20)21(24(32)33)29-8-10-30(11-9-29)22-16(13-25)4-3-7-26-22/h3-7,12,14-15,21,27H,8-11H2,1-2H3,(H,28,31)(H,32,33). The summed E-state index contributed by atoms with van der Waals surface area (Å²) < 4.78 is 0. The van der Waals surface area contributed by atoms with Gasteiger partial charge >= 0.3 is 5.97 Å². The summed E-state index contributed by atoms with van der Waals surface area (Å²) in [6.45, 7) is 5.78. The van der Waals surface area contributed by atoms with E-state index in [1.165, 1.54) is 0 Å². The fourth-order valence-corrected chi connectivity index (χ4v) is 4.15. The highest BCUT2D eigenvalue weighted by atomic mass is 16.4. The highest BCUT2D eigenvalue weighted by molar-refractivity contribution is 5.96. The highest BCUT2D eigenvalue weighted by Crippen LogP contribution is 2.32. The predicted octanol–water partition coefficient (Wildman–Crippen LogP) is 2.98. The van der Waals surface area contributed by atoms with Crippen molar-refractivity contribution in [2.75, 3.05) is 36.4 Å². The van der Waals surface area contributed by atoms with Crippen molar-refractivity contribution in [3.05, 3.63) is 53.9 Å². The highest BCUT2D eigenvalue weighted by Gasteiger charge is 2.33. The fourth-order valence-electron chi connectivity index (χ4n) is 4.15. The average molecular weight is 447 g/mol. The van der Waals surface area contributed by atoms with Gasteiger partial charge in [-0.25, -0.2) is 4.98 Å². The Bertz CT molecular complexity index is 1220. The molecule has 0 spiro atoms. The number of aromatic amines is 1. The number of H-pyrrole nitrogens is 1. The number of fused-ring (bicyclic) bond motifs is 1. The van der Waals surface area contributed by atoms with E-state index in [4.69, 9.17) is 0 Å². The molecule has 9 heteroatoms. The number of anilines is 2. The van der Waals surface area contributed by atoms with Gasteiger partial charge in [0.15, 0.2) is 0 Å². The number of nitrogens with one attached hydrogen (secondary N) is 2. The molecule has 33 heavy (non-hydrogen) atoms. The molecule has 0 saturated carbocycles. The molecule has 0 bridgehead atoms. The van der Waals surface area contributed by atoms with Gasteiger partial charge in [-0.1, -0.05) is 13.8 Å². The topological polar surface area (TPSA) is 125 Å². The van der Waals surface area contributed by atoms with Crippen LogP contribution in [0.3, 0.4) is 0 Å². The van der Waals surface area contributed by atoms with E-state index in [1.54, 1.807) is 30.6 Å². The van der Waals surface area contributed by atoms with Crippen molar-refractivity contribution in [3.8, 4) is 6.07 Å². The SMILES string of the molecule is CC(C)C(=O)Nc1ccc2[nH]cc(C(C(=O)O)N3CCN(c4ncccc4C#N)CC3)c2c1. The van der Waals surface area contributed by atoms with E-state index in [-0.39, 0.29) is 11.8 Å². The molecule has 170 valence electrons. The molecule has 1 fully saturated rings. The van der Waals surface area contributed by atoms with Crippen LogP contribution < -0.4 is 10.2 Å². The van der Waals surface area contributed by atoms with Crippen LogP contribution in [0.2, 0.25) is 0 Å². The van der Waals surface area contributed by atoms with Crippen LogP contribution in [-0.4, -0.2) is 58.0 Å². The molecule has 3 N–H and O–H groups in total. The van der Waals surface area contributed by atoms with Gasteiger partial charge in [-0.3, -0.25) is 14.5 Å². The molecule has 1 saturated heterocycles. The summed E-state index contributed by atoms with van der Waals surface area (Å²) in [6.07, 6.45) is 3.39. The predicted molar refractivity (Wildman–Crippen MR) is 125 cm³/mol. The van der Waals surface area contributed by atoms with Crippen molar-refractivity contribution in [2.24, 2.45) is 5.92 Å². The number of carbonyl (C=O) groups is 2. The summed E-state index contributed by atoms with van der Waals surface area (Å²) >= 11 is 0. The number of aromatic nitrogens is 2. The first kappa shape index (κ1) is 22.3. The van der Waals surface area contributed by atoms with E-state index in [0.717, 1.165) is 10.9 Å². The van der Waals surface area contributed by atoms with E-state index in [9.17, 15) is 20.0 Å². The van der Waals surface area contributed by atoms with Crippen LogP contribution in [0.25, 0.3) is 10.9 Å². The molecule has 2 aromatic heterocycles. The van der Waals surface area contributed by atoms with Crippen molar-refractivity contribution in [1.82, 2.24) is 14.9 Å². The Labute approximate surface area is 191 Å². The number of piperazine rings is 1. The smallest absolute Gasteiger partial charge is 0.325 e. The summed E-state index contributed by atoms with van der Waals surface area (Å²) in [7, 11) is 0. The third-order valence-electron chi connectivity index (χ3n) is 5.92. The Hall–Kier alpha value is -3.90. The van der Waals surface area contributed by atoms with Crippen LogP contribution in [0.4, 0.5) is 11.5 Å². The van der Waals surface area contributed by atoms with E-state index in [1.807, 2.05) is 35.8 Å². The van der Waals surface area contributed by atoms with Crippen molar-refractivity contribution in [1.29, 1.82) is 5.26 Å². The maximum atomic E-state index is 12.4. The van der Waals surface area contributed by atoms with Gasteiger partial charge in [0, 0.05) is 66.6 Å². The quantitative estimate of drug-likeness (QED) is 0.531. The molecule has 1 aliphatic heterocycles. The number of carboxylic acid groups (broad SMARTS) is 1. The first-order valence-corrected chi connectivity index (χ1v) is 10.9. The lowest BCUT2D eigenvalue weighted by Crippen LogP contribution is -2.49. The molecular weight excluding hydrogens is 420 g/mol. The van der Waals surface area contributed by atoms with Crippen molar-refractivity contribution in [2.45, 2.75) is 19.9 Å². The largest absolute Gasteiger partial charge is 0.480 e. The molecule has 9 nitrogen and oxygen atoms in total.